The lowest BCUT2D eigenvalue weighted by atomic mass is 9.78. The van der Waals surface area contributed by atoms with Crippen molar-refractivity contribution >= 4 is 23.1 Å². The molecule has 0 saturated carbocycles. The smallest absolute Gasteiger partial charge is 0.233 e. The third-order valence-electron chi connectivity index (χ3n) is 3.89. The van der Waals surface area contributed by atoms with Crippen molar-refractivity contribution in [3.05, 3.63) is 0 Å². The zero-order chi connectivity index (χ0) is 15.8. The molecule has 0 fully saturated rings. The predicted octanol–water partition coefficient (Wildman–Crippen LogP) is 2.32. The Hall–Kier alpha value is -0.680. The van der Waals surface area contributed by atoms with Crippen molar-refractivity contribution in [2.45, 2.75) is 59.4 Å². The average Bonchev–Trinajstić information content (AvgIpc) is 2.37. The zero-order valence-corrected chi connectivity index (χ0v) is 14.5. The van der Waals surface area contributed by atoms with E-state index in [0.717, 1.165) is 32.2 Å². The number of thiocarbonyl (C=S) groups is 1. The van der Waals surface area contributed by atoms with Gasteiger partial charge in [0.15, 0.2) is 0 Å². The lowest BCUT2D eigenvalue weighted by molar-refractivity contribution is -0.128. The molecule has 0 aromatic carbocycles. The highest BCUT2D eigenvalue weighted by atomic mass is 32.1. The van der Waals surface area contributed by atoms with E-state index in [9.17, 15) is 4.79 Å². The summed E-state index contributed by atoms with van der Waals surface area (Å²) in [6.07, 6.45) is 3.25. The number of likely N-dealkylation sites (N-methyl/N-ethyl adjacent to an activating group) is 1. The number of nitrogens with two attached hydrogens (primary N) is 1. The van der Waals surface area contributed by atoms with Crippen molar-refractivity contribution < 1.29 is 4.79 Å². The highest BCUT2D eigenvalue weighted by Crippen LogP contribution is 2.30. The van der Waals surface area contributed by atoms with Crippen LogP contribution in [-0.2, 0) is 4.79 Å². The molecular weight excluding hydrogens is 270 g/mol. The number of nitrogens with zero attached hydrogens (tertiary/aromatic N) is 1. The Kier molecular flexibility index (Phi) is 8.98. The van der Waals surface area contributed by atoms with Gasteiger partial charge in [-0.25, -0.2) is 0 Å². The molecule has 118 valence electrons. The van der Waals surface area contributed by atoms with Crippen LogP contribution in [0.1, 0.15) is 53.4 Å². The van der Waals surface area contributed by atoms with Gasteiger partial charge in [0.25, 0.3) is 0 Å². The minimum atomic E-state index is -0.671. The van der Waals surface area contributed by atoms with Crippen molar-refractivity contribution in [2.24, 2.45) is 11.1 Å². The Morgan fingerprint density at radius 2 is 1.80 bits per heavy atom. The number of carbonyl (C=O) groups is 1. The molecule has 0 heterocycles. The summed E-state index contributed by atoms with van der Waals surface area (Å²) in [5, 5.41) is 3.01. The first-order valence-electron chi connectivity index (χ1n) is 7.60. The van der Waals surface area contributed by atoms with Gasteiger partial charge >= 0.3 is 0 Å². The standard InChI is InChI=1S/C15H31N3OS/c1-6-8-15(9-7-2,13(16)20)14(19)17-10-11-18(5)12(3)4/h12H,6-11H2,1-5H3,(H2,16,20)(H,17,19). The second kappa shape index (κ2) is 9.29. The van der Waals surface area contributed by atoms with Gasteiger partial charge in [0.2, 0.25) is 5.91 Å². The second-order valence-corrected chi connectivity index (χ2v) is 6.22. The maximum Gasteiger partial charge on any atom is 0.233 e. The van der Waals surface area contributed by atoms with Crippen LogP contribution in [0.3, 0.4) is 0 Å². The topological polar surface area (TPSA) is 58.4 Å². The van der Waals surface area contributed by atoms with Crippen LogP contribution in [-0.4, -0.2) is 42.0 Å². The van der Waals surface area contributed by atoms with Gasteiger partial charge in [-0.2, -0.15) is 0 Å². The minimum Gasteiger partial charge on any atom is -0.392 e. The van der Waals surface area contributed by atoms with Crippen molar-refractivity contribution in [3.8, 4) is 0 Å². The molecule has 0 aliphatic carbocycles. The first-order chi connectivity index (χ1) is 9.31. The number of amides is 1. The molecule has 0 bridgehead atoms. The van der Waals surface area contributed by atoms with Gasteiger partial charge in [-0.15, -0.1) is 0 Å². The third kappa shape index (κ3) is 5.37. The van der Waals surface area contributed by atoms with E-state index in [1.54, 1.807) is 0 Å². The molecule has 1 amide bonds. The Morgan fingerprint density at radius 1 is 1.30 bits per heavy atom. The molecule has 5 heteroatoms. The summed E-state index contributed by atoms with van der Waals surface area (Å²) in [5.74, 6) is -0.00847. The van der Waals surface area contributed by atoms with E-state index in [-0.39, 0.29) is 5.91 Å². The predicted molar refractivity (Wildman–Crippen MR) is 89.8 cm³/mol. The number of carbonyl (C=O) groups excluding carboxylic acids is 1. The summed E-state index contributed by atoms with van der Waals surface area (Å²) in [6, 6.07) is 0.471. The highest BCUT2D eigenvalue weighted by Gasteiger charge is 2.39. The van der Waals surface area contributed by atoms with Gasteiger partial charge in [0.05, 0.1) is 10.4 Å². The van der Waals surface area contributed by atoms with Crippen LogP contribution in [0.15, 0.2) is 0 Å². The molecule has 0 aliphatic heterocycles. The summed E-state index contributed by atoms with van der Waals surface area (Å²) < 4.78 is 0. The molecule has 3 N–H and O–H groups in total. The molecule has 0 aliphatic rings. The molecule has 0 aromatic heterocycles. The molecule has 0 saturated heterocycles. The molecule has 0 radical (unpaired) electrons. The van der Waals surface area contributed by atoms with Crippen molar-refractivity contribution in [1.82, 2.24) is 10.2 Å². The summed E-state index contributed by atoms with van der Waals surface area (Å²) in [7, 11) is 2.05. The van der Waals surface area contributed by atoms with Crippen molar-refractivity contribution in [3.63, 3.8) is 0 Å². The lowest BCUT2D eigenvalue weighted by Crippen LogP contribution is -2.50. The Labute approximate surface area is 129 Å². The van der Waals surface area contributed by atoms with Crippen LogP contribution in [0, 0.1) is 5.41 Å². The fourth-order valence-corrected chi connectivity index (χ4v) is 2.63. The van der Waals surface area contributed by atoms with E-state index in [4.69, 9.17) is 18.0 Å². The number of nitrogens with one attached hydrogen (secondary N) is 1. The molecule has 0 rings (SSSR count). The summed E-state index contributed by atoms with van der Waals surface area (Å²) >= 11 is 5.19. The molecule has 0 atom stereocenters. The van der Waals surface area contributed by atoms with E-state index in [0.29, 0.717) is 17.6 Å². The molecular formula is C15H31N3OS. The van der Waals surface area contributed by atoms with Crippen LogP contribution in [0.5, 0.6) is 0 Å². The van der Waals surface area contributed by atoms with E-state index in [2.05, 4.69) is 45.0 Å². The molecule has 0 aromatic rings. The SMILES string of the molecule is CCCC(CCC)(C(=O)NCCN(C)C(C)C)C(N)=S. The average molecular weight is 302 g/mol. The summed E-state index contributed by atoms with van der Waals surface area (Å²) in [6.45, 7) is 9.84. The highest BCUT2D eigenvalue weighted by molar-refractivity contribution is 7.80. The van der Waals surface area contributed by atoms with E-state index >= 15 is 0 Å². The van der Waals surface area contributed by atoms with Gasteiger partial charge in [-0.3, -0.25) is 4.79 Å². The van der Waals surface area contributed by atoms with Crippen LogP contribution >= 0.6 is 12.2 Å². The van der Waals surface area contributed by atoms with Gasteiger partial charge in [0, 0.05) is 19.1 Å². The summed E-state index contributed by atoms with van der Waals surface area (Å²) in [4.78, 5) is 15.1. The second-order valence-electron chi connectivity index (χ2n) is 5.78. The maximum absolute atomic E-state index is 12.5. The third-order valence-corrected chi connectivity index (χ3v) is 4.28. The minimum absolute atomic E-state index is 0.00847. The van der Waals surface area contributed by atoms with Crippen molar-refractivity contribution in [1.29, 1.82) is 0 Å². The first kappa shape index (κ1) is 19.3. The fourth-order valence-electron chi connectivity index (χ4n) is 2.34. The number of hydrogen-bond acceptors (Lipinski definition) is 3. The fraction of sp³-hybridized carbons (Fsp3) is 0.867. The molecule has 20 heavy (non-hydrogen) atoms. The largest absolute Gasteiger partial charge is 0.392 e. The Bertz CT molecular complexity index is 312. The van der Waals surface area contributed by atoms with Crippen LogP contribution < -0.4 is 11.1 Å². The molecule has 4 nitrogen and oxygen atoms in total. The lowest BCUT2D eigenvalue weighted by Gasteiger charge is -2.31. The van der Waals surface area contributed by atoms with Gasteiger partial charge in [0.1, 0.15) is 0 Å². The number of hydrogen-bond donors (Lipinski definition) is 2. The van der Waals surface area contributed by atoms with Crippen LogP contribution in [0.25, 0.3) is 0 Å². The van der Waals surface area contributed by atoms with Gasteiger partial charge in [-0.1, -0.05) is 38.9 Å². The van der Waals surface area contributed by atoms with E-state index in [1.807, 2.05) is 0 Å². The normalized spacial score (nSPS) is 11.9. The van der Waals surface area contributed by atoms with Crippen LogP contribution in [0.2, 0.25) is 0 Å². The first-order valence-corrected chi connectivity index (χ1v) is 8.01. The monoisotopic (exact) mass is 301 g/mol. The maximum atomic E-state index is 12.5. The van der Waals surface area contributed by atoms with Crippen LogP contribution in [0.4, 0.5) is 0 Å². The van der Waals surface area contributed by atoms with E-state index in [1.165, 1.54) is 0 Å². The quantitative estimate of drug-likeness (QED) is 0.608. The Balaban J connectivity index is 4.67. The summed E-state index contributed by atoms with van der Waals surface area (Å²) in [5.41, 5.74) is 5.21. The Morgan fingerprint density at radius 3 is 2.15 bits per heavy atom. The zero-order valence-electron chi connectivity index (χ0n) is 13.7. The van der Waals surface area contributed by atoms with Crippen molar-refractivity contribution in [2.75, 3.05) is 20.1 Å². The van der Waals surface area contributed by atoms with E-state index < -0.39 is 5.41 Å². The molecule has 0 spiro atoms. The number of rotatable bonds is 10. The van der Waals surface area contributed by atoms with Gasteiger partial charge < -0.3 is 16.0 Å². The molecule has 0 unspecified atom stereocenters. The van der Waals surface area contributed by atoms with Gasteiger partial charge in [-0.05, 0) is 33.7 Å².